The lowest BCUT2D eigenvalue weighted by Crippen LogP contribution is -2.51. The van der Waals surface area contributed by atoms with E-state index in [4.69, 9.17) is 8.85 Å². The van der Waals surface area contributed by atoms with Gasteiger partial charge in [-0.2, -0.15) is 0 Å². The minimum absolute atomic E-state index is 0.209. The number of aryl methyl sites for hydroxylation is 1. The van der Waals surface area contributed by atoms with E-state index < -0.39 is 22.6 Å². The summed E-state index contributed by atoms with van der Waals surface area (Å²) in [4.78, 5) is 12.8. The first-order valence-corrected chi connectivity index (χ1v) is 18.0. The molecule has 2 rings (SSSR count). The Morgan fingerprint density at radius 3 is 1.53 bits per heavy atom. The van der Waals surface area contributed by atoms with Crippen LogP contribution in [0.5, 0.6) is 11.5 Å². The molecule has 0 atom stereocenters. The van der Waals surface area contributed by atoms with Crippen LogP contribution in [-0.2, 0) is 0 Å². The number of rotatable bonds is 11. The molecule has 2 aromatic rings. The number of carbonyl (C=O) groups is 1. The summed E-state index contributed by atoms with van der Waals surface area (Å²) in [7, 11) is -4.70. The molecule has 1 N–H and O–H groups in total. The van der Waals surface area contributed by atoms with Crippen LogP contribution < -0.4 is 8.85 Å². The van der Waals surface area contributed by atoms with Crippen molar-refractivity contribution in [1.29, 1.82) is 0 Å². The fourth-order valence-corrected chi connectivity index (χ4v) is 17.6. The molecule has 0 amide bonds. The van der Waals surface area contributed by atoms with Gasteiger partial charge in [-0.25, -0.2) is 4.79 Å². The van der Waals surface area contributed by atoms with E-state index in [-0.39, 0.29) is 5.56 Å². The number of aromatic carboxylic acids is 1. The highest BCUT2D eigenvalue weighted by molar-refractivity contribution is 6.79. The molecule has 0 aliphatic rings. The molecule has 36 heavy (non-hydrogen) atoms. The first kappa shape index (κ1) is 30.4. The van der Waals surface area contributed by atoms with Crippen molar-refractivity contribution in [3.05, 3.63) is 35.4 Å². The van der Waals surface area contributed by atoms with Gasteiger partial charge >= 0.3 is 5.97 Å². The fourth-order valence-electron chi connectivity index (χ4n) is 7.02. The Bertz CT molecular complexity index is 1030. The van der Waals surface area contributed by atoms with Crippen molar-refractivity contribution in [3.8, 4) is 11.5 Å². The smallest absolute Gasteiger partial charge is 0.339 e. The summed E-state index contributed by atoms with van der Waals surface area (Å²) in [5.41, 5.74) is 3.42. The Morgan fingerprint density at radius 2 is 1.14 bits per heavy atom. The quantitative estimate of drug-likeness (QED) is 0.294. The predicted octanol–water partition coefficient (Wildman–Crippen LogP) is 9.96. The highest BCUT2D eigenvalue weighted by atomic mass is 28.4. The zero-order chi connectivity index (χ0) is 27.7. The van der Waals surface area contributed by atoms with Crippen molar-refractivity contribution >= 4 is 33.4 Å². The number of carboxylic acids is 1. The maximum Gasteiger partial charge on any atom is 0.339 e. The number of fused-ring (bicyclic) bond motifs is 1. The van der Waals surface area contributed by atoms with Gasteiger partial charge in [0.25, 0.3) is 16.6 Å². The third-order valence-electron chi connectivity index (χ3n) is 8.49. The normalized spacial score (nSPS) is 13.2. The van der Waals surface area contributed by atoms with Crippen LogP contribution in [0, 0.1) is 6.92 Å². The van der Waals surface area contributed by atoms with E-state index in [2.05, 4.69) is 96.1 Å². The van der Waals surface area contributed by atoms with Crippen LogP contribution in [0.25, 0.3) is 10.8 Å². The van der Waals surface area contributed by atoms with Crippen molar-refractivity contribution in [1.82, 2.24) is 0 Å². The third-order valence-corrected chi connectivity index (χ3v) is 20.5. The Hall–Kier alpha value is -1.80. The second-order valence-electron chi connectivity index (χ2n) is 12.4. The molecule has 0 fully saturated rings. The van der Waals surface area contributed by atoms with Gasteiger partial charge in [0.15, 0.2) is 0 Å². The summed E-state index contributed by atoms with van der Waals surface area (Å²) in [6.07, 6.45) is 0. The van der Waals surface area contributed by atoms with Gasteiger partial charge in [-0.15, -0.1) is 0 Å². The van der Waals surface area contributed by atoms with E-state index >= 15 is 0 Å². The van der Waals surface area contributed by atoms with Crippen LogP contribution in [0.1, 0.15) is 99.0 Å². The van der Waals surface area contributed by atoms with Crippen molar-refractivity contribution in [2.75, 3.05) is 0 Å². The molecule has 0 spiro atoms. The SMILES string of the molecule is Cc1cccc2c(O[Si](C(C)C)(C(C)C)C(C)C)c(C(=O)O)cc(O[Si](C(C)C)(C(C)C)C(C)C)c12. The zero-order valence-corrected chi connectivity index (χ0v) is 26.9. The van der Waals surface area contributed by atoms with E-state index in [1.807, 2.05) is 12.1 Å². The number of carboxylic acid groups (broad SMARTS) is 1. The van der Waals surface area contributed by atoms with Crippen LogP contribution in [0.2, 0.25) is 33.2 Å². The van der Waals surface area contributed by atoms with Gasteiger partial charge < -0.3 is 14.0 Å². The Labute approximate surface area is 222 Å². The average molecular weight is 531 g/mol. The standard InChI is InChI=1S/C30H50O4Si2/c1-18(2)35(19(3)4,20(5)6)33-27-17-26(30(31)32)29(25-16-14-15-24(13)28(25)27)34-36(21(7)8,22(9)10)23(11)12/h14-23H,1-13H3,(H,31,32). The summed E-state index contributed by atoms with van der Waals surface area (Å²) in [5, 5.41) is 12.3. The lowest BCUT2D eigenvalue weighted by molar-refractivity contribution is 0.0694. The second kappa shape index (κ2) is 11.3. The number of hydrogen-bond acceptors (Lipinski definition) is 3. The summed E-state index contributed by atoms with van der Waals surface area (Å²) >= 11 is 0. The molecule has 6 heteroatoms. The fraction of sp³-hybridized carbons (Fsp3) is 0.633. The van der Waals surface area contributed by atoms with Gasteiger partial charge in [0.1, 0.15) is 17.1 Å². The van der Waals surface area contributed by atoms with Gasteiger partial charge in [-0.3, -0.25) is 0 Å². The van der Waals surface area contributed by atoms with Crippen molar-refractivity contribution < 1.29 is 18.8 Å². The topological polar surface area (TPSA) is 55.8 Å². The summed E-state index contributed by atoms with van der Waals surface area (Å²) in [5.74, 6) is 0.243. The van der Waals surface area contributed by atoms with Gasteiger partial charge in [-0.1, -0.05) is 101 Å². The van der Waals surface area contributed by atoms with E-state index in [0.717, 1.165) is 16.3 Å². The third kappa shape index (κ3) is 5.13. The molecule has 0 saturated carbocycles. The maximum atomic E-state index is 12.8. The van der Waals surface area contributed by atoms with Crippen LogP contribution >= 0.6 is 0 Å². The lowest BCUT2D eigenvalue weighted by Gasteiger charge is -2.44. The lowest BCUT2D eigenvalue weighted by atomic mass is 10.0. The van der Waals surface area contributed by atoms with Gasteiger partial charge in [0.05, 0.1) is 0 Å². The molecule has 0 saturated heterocycles. The van der Waals surface area contributed by atoms with Crippen LogP contribution in [0.3, 0.4) is 0 Å². The van der Waals surface area contributed by atoms with E-state index in [0.29, 0.717) is 44.7 Å². The molecule has 0 aliphatic heterocycles. The molecule has 2 aromatic carbocycles. The molecule has 4 nitrogen and oxygen atoms in total. The van der Waals surface area contributed by atoms with Crippen LogP contribution in [-0.4, -0.2) is 27.7 Å². The number of benzene rings is 2. The van der Waals surface area contributed by atoms with Crippen molar-refractivity contribution in [2.45, 2.75) is 123 Å². The molecule has 0 heterocycles. The van der Waals surface area contributed by atoms with Crippen molar-refractivity contribution in [3.63, 3.8) is 0 Å². The molecular formula is C30H50O4Si2. The van der Waals surface area contributed by atoms with Gasteiger partial charge in [-0.05, 0) is 51.8 Å². The molecule has 202 valence electrons. The summed E-state index contributed by atoms with van der Waals surface area (Å²) < 4.78 is 14.2. The minimum atomic E-state index is -2.39. The molecule has 0 radical (unpaired) electrons. The highest BCUT2D eigenvalue weighted by Gasteiger charge is 2.49. The Balaban J connectivity index is 2.99. The summed E-state index contributed by atoms with van der Waals surface area (Å²) in [6, 6.07) is 7.87. The largest absolute Gasteiger partial charge is 0.542 e. The Morgan fingerprint density at radius 1 is 0.722 bits per heavy atom. The van der Waals surface area contributed by atoms with Gasteiger partial charge in [0.2, 0.25) is 0 Å². The zero-order valence-electron chi connectivity index (χ0n) is 24.9. The van der Waals surface area contributed by atoms with E-state index in [1.165, 1.54) is 0 Å². The van der Waals surface area contributed by atoms with E-state index in [9.17, 15) is 9.90 Å². The maximum absolute atomic E-state index is 12.8. The monoisotopic (exact) mass is 530 g/mol. The summed E-state index contributed by atoms with van der Waals surface area (Å²) in [6.45, 7) is 29.0. The first-order chi connectivity index (χ1) is 16.5. The molecule has 0 aromatic heterocycles. The van der Waals surface area contributed by atoms with Gasteiger partial charge in [0, 0.05) is 10.8 Å². The molecule has 0 unspecified atom stereocenters. The first-order valence-electron chi connectivity index (χ1n) is 13.7. The molecular weight excluding hydrogens is 480 g/mol. The van der Waals surface area contributed by atoms with E-state index in [1.54, 1.807) is 6.07 Å². The second-order valence-corrected chi connectivity index (χ2v) is 23.1. The number of hydrogen-bond donors (Lipinski definition) is 1. The van der Waals surface area contributed by atoms with Crippen molar-refractivity contribution in [2.24, 2.45) is 0 Å². The molecule has 0 aliphatic carbocycles. The predicted molar refractivity (Wildman–Crippen MR) is 159 cm³/mol. The average Bonchev–Trinajstić information content (AvgIpc) is 2.74. The molecule has 0 bridgehead atoms. The Kier molecular flexibility index (Phi) is 9.55. The van der Waals surface area contributed by atoms with Crippen LogP contribution in [0.4, 0.5) is 0 Å². The minimum Gasteiger partial charge on any atom is -0.542 e. The highest BCUT2D eigenvalue weighted by Crippen LogP contribution is 2.49. The van der Waals surface area contributed by atoms with Crippen LogP contribution in [0.15, 0.2) is 24.3 Å².